The molecular weight excluding hydrogens is 446 g/mol. The van der Waals surface area contributed by atoms with Crippen molar-refractivity contribution in [3.05, 3.63) is 113 Å². The van der Waals surface area contributed by atoms with E-state index >= 15 is 0 Å². The molecule has 0 spiro atoms. The van der Waals surface area contributed by atoms with Gasteiger partial charge in [-0.2, -0.15) is 0 Å². The van der Waals surface area contributed by atoms with Gasteiger partial charge < -0.3 is 0 Å². The molecule has 3 atom stereocenters. The van der Waals surface area contributed by atoms with Crippen molar-refractivity contribution in [2.24, 2.45) is 5.92 Å². The van der Waals surface area contributed by atoms with Crippen LogP contribution in [-0.2, 0) is 14.4 Å². The second-order valence-electron chi connectivity index (χ2n) is 8.52. The highest BCUT2D eigenvalue weighted by atomic mass is 16.7. The lowest BCUT2D eigenvalue weighted by molar-refractivity contribution is -0.384. The van der Waals surface area contributed by atoms with Crippen LogP contribution < -0.4 is 9.96 Å². The van der Waals surface area contributed by atoms with Gasteiger partial charge in [0.1, 0.15) is 5.92 Å². The van der Waals surface area contributed by atoms with E-state index in [9.17, 15) is 19.7 Å². The first-order valence-electron chi connectivity index (χ1n) is 11.2. The molecule has 2 amide bonds. The largest absolute Gasteiger partial charge is 0.273 e. The standard InChI is InChI=1S/C27H19N3O5/c31-26-23-24(18-10-6-13-20(16-18)30(33)34)29(19-11-2-1-3-12-19)35-25(23)27(32)28(26)22-15-7-9-17-8-4-5-14-21(17)22/h1-16,23-25H. The van der Waals surface area contributed by atoms with Gasteiger partial charge in [0.05, 0.1) is 22.3 Å². The minimum absolute atomic E-state index is 0.0957. The Kier molecular flexibility index (Phi) is 4.82. The summed E-state index contributed by atoms with van der Waals surface area (Å²) in [4.78, 5) is 45.8. The SMILES string of the molecule is O=C1C2ON(c3ccccc3)C(c3cccc([N+](=O)[O-])c3)C2C(=O)N1c1cccc2ccccc12. The van der Waals surface area contributed by atoms with E-state index in [1.54, 1.807) is 18.2 Å². The summed E-state index contributed by atoms with van der Waals surface area (Å²) >= 11 is 0. The first kappa shape index (κ1) is 21.0. The van der Waals surface area contributed by atoms with Gasteiger partial charge in [-0.05, 0) is 29.1 Å². The molecule has 0 N–H and O–H groups in total. The Morgan fingerprint density at radius 2 is 1.51 bits per heavy atom. The average Bonchev–Trinajstić information content (AvgIpc) is 3.40. The van der Waals surface area contributed by atoms with Crippen molar-refractivity contribution in [1.82, 2.24) is 0 Å². The molecule has 0 radical (unpaired) electrons. The van der Waals surface area contributed by atoms with Crippen LogP contribution in [0.1, 0.15) is 11.6 Å². The van der Waals surface area contributed by atoms with Crippen molar-refractivity contribution in [2.45, 2.75) is 12.1 Å². The zero-order valence-corrected chi connectivity index (χ0v) is 18.4. The number of hydrogen-bond acceptors (Lipinski definition) is 6. The molecule has 2 aliphatic heterocycles. The molecule has 4 aromatic rings. The molecule has 2 fully saturated rings. The van der Waals surface area contributed by atoms with Crippen LogP contribution in [0.4, 0.5) is 17.1 Å². The van der Waals surface area contributed by atoms with Crippen LogP contribution in [-0.4, -0.2) is 22.8 Å². The normalized spacial score (nSPS) is 21.5. The van der Waals surface area contributed by atoms with Gasteiger partial charge in [0.25, 0.3) is 11.6 Å². The van der Waals surface area contributed by atoms with E-state index in [-0.39, 0.29) is 5.69 Å². The summed E-state index contributed by atoms with van der Waals surface area (Å²) < 4.78 is 0. The van der Waals surface area contributed by atoms with Gasteiger partial charge in [-0.1, -0.05) is 66.7 Å². The van der Waals surface area contributed by atoms with Crippen molar-refractivity contribution in [3.63, 3.8) is 0 Å². The third-order valence-electron chi connectivity index (χ3n) is 6.56. The monoisotopic (exact) mass is 465 g/mol. The summed E-state index contributed by atoms with van der Waals surface area (Å²) in [5, 5.41) is 14.7. The summed E-state index contributed by atoms with van der Waals surface area (Å²) in [5.41, 5.74) is 1.58. The van der Waals surface area contributed by atoms with E-state index in [4.69, 9.17) is 4.84 Å². The van der Waals surface area contributed by atoms with Crippen LogP contribution in [0.15, 0.2) is 97.1 Å². The lowest BCUT2D eigenvalue weighted by atomic mass is 9.90. The number of carbonyl (C=O) groups is 2. The van der Waals surface area contributed by atoms with Crippen LogP contribution in [0.25, 0.3) is 10.8 Å². The second kappa shape index (κ2) is 8.03. The number of fused-ring (bicyclic) bond motifs is 2. The summed E-state index contributed by atoms with van der Waals surface area (Å²) in [5.74, 6) is -1.72. The number of nitro groups is 1. The Hall–Kier alpha value is -4.56. The Morgan fingerprint density at radius 3 is 2.31 bits per heavy atom. The third kappa shape index (κ3) is 3.26. The van der Waals surface area contributed by atoms with Gasteiger partial charge in [0.2, 0.25) is 5.91 Å². The van der Waals surface area contributed by atoms with E-state index in [1.807, 2.05) is 66.7 Å². The molecule has 172 valence electrons. The molecule has 0 bridgehead atoms. The molecule has 4 aromatic carbocycles. The number of non-ortho nitro benzene ring substituents is 1. The summed E-state index contributed by atoms with van der Waals surface area (Å²) in [6.45, 7) is 0. The van der Waals surface area contributed by atoms with Gasteiger partial charge >= 0.3 is 0 Å². The van der Waals surface area contributed by atoms with Crippen molar-refractivity contribution in [2.75, 3.05) is 9.96 Å². The second-order valence-corrected chi connectivity index (χ2v) is 8.52. The fourth-order valence-electron chi connectivity index (χ4n) is 5.02. The molecule has 8 nitrogen and oxygen atoms in total. The average molecular weight is 465 g/mol. The maximum Gasteiger partial charge on any atom is 0.269 e. The minimum atomic E-state index is -1.05. The zero-order valence-electron chi connectivity index (χ0n) is 18.4. The number of imide groups is 1. The predicted octanol–water partition coefficient (Wildman–Crippen LogP) is 4.80. The smallest absolute Gasteiger partial charge is 0.269 e. The van der Waals surface area contributed by atoms with E-state index in [2.05, 4.69) is 0 Å². The first-order valence-corrected chi connectivity index (χ1v) is 11.2. The summed E-state index contributed by atoms with van der Waals surface area (Å²) in [6.07, 6.45) is -1.05. The molecule has 2 saturated heterocycles. The Morgan fingerprint density at radius 1 is 0.800 bits per heavy atom. The highest BCUT2D eigenvalue weighted by Gasteiger charge is 2.60. The number of carbonyl (C=O) groups excluding carboxylic acids is 2. The number of benzene rings is 4. The molecule has 35 heavy (non-hydrogen) atoms. The van der Waals surface area contributed by atoms with Gasteiger partial charge in [-0.15, -0.1) is 0 Å². The Balaban J connectivity index is 1.48. The number of para-hydroxylation sites is 1. The molecule has 6 rings (SSSR count). The molecule has 0 saturated carbocycles. The van der Waals surface area contributed by atoms with Crippen molar-refractivity contribution < 1.29 is 19.3 Å². The number of nitrogens with zero attached hydrogens (tertiary/aromatic N) is 3. The van der Waals surface area contributed by atoms with Crippen molar-refractivity contribution >= 4 is 39.6 Å². The van der Waals surface area contributed by atoms with Crippen LogP contribution in [0.3, 0.4) is 0 Å². The number of hydroxylamine groups is 1. The molecule has 0 aliphatic carbocycles. The van der Waals surface area contributed by atoms with Crippen LogP contribution in [0.5, 0.6) is 0 Å². The maximum atomic E-state index is 13.9. The highest BCUT2D eigenvalue weighted by molar-refractivity contribution is 6.26. The number of anilines is 2. The van der Waals surface area contributed by atoms with Crippen molar-refractivity contribution in [1.29, 1.82) is 0 Å². The van der Waals surface area contributed by atoms with Crippen LogP contribution >= 0.6 is 0 Å². The van der Waals surface area contributed by atoms with E-state index in [0.29, 0.717) is 16.9 Å². The minimum Gasteiger partial charge on any atom is -0.273 e. The number of amides is 2. The molecule has 8 heteroatoms. The molecule has 2 heterocycles. The number of nitro benzene ring substituents is 1. The summed E-state index contributed by atoms with van der Waals surface area (Å²) in [7, 11) is 0. The quantitative estimate of drug-likeness (QED) is 0.244. The van der Waals surface area contributed by atoms with Gasteiger partial charge in [0, 0.05) is 17.5 Å². The van der Waals surface area contributed by atoms with E-state index in [1.165, 1.54) is 22.1 Å². The molecule has 3 unspecified atom stereocenters. The highest BCUT2D eigenvalue weighted by Crippen LogP contribution is 2.48. The van der Waals surface area contributed by atoms with Gasteiger partial charge in [-0.25, -0.2) is 9.96 Å². The first-order chi connectivity index (χ1) is 17.0. The fraction of sp³-hybridized carbons (Fsp3) is 0.111. The maximum absolute atomic E-state index is 13.9. The van der Waals surface area contributed by atoms with Crippen molar-refractivity contribution in [3.8, 4) is 0 Å². The van der Waals surface area contributed by atoms with Crippen LogP contribution in [0, 0.1) is 16.0 Å². The number of rotatable bonds is 4. The van der Waals surface area contributed by atoms with Crippen LogP contribution in [0.2, 0.25) is 0 Å². The number of hydrogen-bond donors (Lipinski definition) is 0. The third-order valence-corrected chi connectivity index (χ3v) is 6.56. The molecule has 0 aromatic heterocycles. The molecular formula is C27H19N3O5. The summed E-state index contributed by atoms with van der Waals surface area (Å²) in [6, 6.07) is 27.5. The fourth-order valence-corrected chi connectivity index (χ4v) is 5.02. The predicted molar refractivity (Wildman–Crippen MR) is 130 cm³/mol. The lowest BCUT2D eigenvalue weighted by Gasteiger charge is -2.29. The van der Waals surface area contributed by atoms with E-state index in [0.717, 1.165) is 10.8 Å². The topological polar surface area (TPSA) is 93.0 Å². The molecule has 2 aliphatic rings. The Bertz CT molecular complexity index is 1480. The lowest BCUT2D eigenvalue weighted by Crippen LogP contribution is -2.37. The van der Waals surface area contributed by atoms with E-state index < -0.39 is 34.8 Å². The van der Waals surface area contributed by atoms with Gasteiger partial charge in [0.15, 0.2) is 6.10 Å². The van der Waals surface area contributed by atoms with Gasteiger partial charge in [-0.3, -0.25) is 24.5 Å². The Labute approximate surface area is 200 Å². The zero-order chi connectivity index (χ0) is 24.1.